The van der Waals surface area contributed by atoms with Crippen LogP contribution in [0.2, 0.25) is 0 Å². The molecule has 0 atom stereocenters. The van der Waals surface area contributed by atoms with Gasteiger partial charge in [-0.2, -0.15) is 0 Å². The lowest BCUT2D eigenvalue weighted by Crippen LogP contribution is -2.00. The highest BCUT2D eigenvalue weighted by atomic mass is 16.5. The van der Waals surface area contributed by atoms with Crippen molar-refractivity contribution < 1.29 is 9.53 Å². The number of hydrogen-bond donors (Lipinski definition) is 1. The van der Waals surface area contributed by atoms with E-state index >= 15 is 0 Å². The Balaban J connectivity index is 2.62. The second-order valence-corrected chi connectivity index (χ2v) is 2.81. The molecule has 2 aromatic heterocycles. The first-order chi connectivity index (χ1) is 6.72. The molecule has 0 amide bonds. The standard InChI is InChI=1S/C9H9N3O2/c1-14-9(13)7-5-12-4-2-3-6(10)8(12)11-7/h2-5H,10H2,1H3. The smallest absolute Gasteiger partial charge is 0.358 e. The molecule has 0 aliphatic heterocycles. The van der Waals surface area contributed by atoms with Crippen molar-refractivity contribution in [2.75, 3.05) is 12.8 Å². The Bertz CT molecular complexity index is 490. The van der Waals surface area contributed by atoms with E-state index in [9.17, 15) is 4.79 Å². The van der Waals surface area contributed by atoms with E-state index in [-0.39, 0.29) is 5.69 Å². The molecular formula is C9H9N3O2. The van der Waals surface area contributed by atoms with E-state index in [1.165, 1.54) is 7.11 Å². The molecule has 0 fully saturated rings. The lowest BCUT2D eigenvalue weighted by Gasteiger charge is -1.94. The van der Waals surface area contributed by atoms with E-state index in [2.05, 4.69) is 9.72 Å². The van der Waals surface area contributed by atoms with Crippen molar-refractivity contribution >= 4 is 17.3 Å². The number of nitrogens with zero attached hydrogens (tertiary/aromatic N) is 2. The average molecular weight is 191 g/mol. The van der Waals surface area contributed by atoms with Gasteiger partial charge < -0.3 is 14.9 Å². The number of pyridine rings is 1. The number of carbonyl (C=O) groups excluding carboxylic acids is 1. The number of esters is 1. The molecule has 0 bridgehead atoms. The first kappa shape index (κ1) is 8.55. The quantitative estimate of drug-likeness (QED) is 0.674. The van der Waals surface area contributed by atoms with E-state index in [0.717, 1.165) is 0 Å². The van der Waals surface area contributed by atoms with Crippen LogP contribution in [0, 0.1) is 0 Å². The Morgan fingerprint density at radius 3 is 3.07 bits per heavy atom. The summed E-state index contributed by atoms with van der Waals surface area (Å²) in [5, 5.41) is 0. The van der Waals surface area contributed by atoms with Crippen molar-refractivity contribution in [1.82, 2.24) is 9.38 Å². The number of ether oxygens (including phenoxy) is 1. The van der Waals surface area contributed by atoms with Crippen LogP contribution >= 0.6 is 0 Å². The molecule has 0 aromatic carbocycles. The number of hydrogen-bond acceptors (Lipinski definition) is 4. The molecule has 0 aliphatic carbocycles. The highest BCUT2D eigenvalue weighted by Gasteiger charge is 2.11. The third kappa shape index (κ3) is 1.19. The number of nitrogen functional groups attached to an aromatic ring is 1. The van der Waals surface area contributed by atoms with Gasteiger partial charge >= 0.3 is 5.97 Å². The maximum absolute atomic E-state index is 11.2. The third-order valence-electron chi connectivity index (χ3n) is 1.91. The zero-order valence-corrected chi connectivity index (χ0v) is 7.60. The first-order valence-electron chi connectivity index (χ1n) is 4.04. The van der Waals surface area contributed by atoms with Crippen LogP contribution in [0.5, 0.6) is 0 Å². The highest BCUT2D eigenvalue weighted by molar-refractivity contribution is 5.88. The van der Waals surface area contributed by atoms with Gasteiger partial charge in [0.2, 0.25) is 0 Å². The molecule has 2 N–H and O–H groups in total. The molecule has 0 radical (unpaired) electrons. The van der Waals surface area contributed by atoms with E-state index in [1.54, 1.807) is 28.9 Å². The number of aromatic nitrogens is 2. The van der Waals surface area contributed by atoms with Gasteiger partial charge in [-0.25, -0.2) is 9.78 Å². The number of methoxy groups -OCH3 is 1. The van der Waals surface area contributed by atoms with Crippen LogP contribution in [0.3, 0.4) is 0 Å². The summed E-state index contributed by atoms with van der Waals surface area (Å²) in [7, 11) is 1.32. The van der Waals surface area contributed by atoms with Gasteiger partial charge in [0.15, 0.2) is 11.3 Å². The molecule has 0 aliphatic rings. The van der Waals surface area contributed by atoms with Crippen LogP contribution < -0.4 is 5.73 Å². The molecule has 2 heterocycles. The Morgan fingerprint density at radius 2 is 2.43 bits per heavy atom. The summed E-state index contributed by atoms with van der Waals surface area (Å²) in [5.41, 5.74) is 7.02. The zero-order chi connectivity index (χ0) is 10.1. The number of imidazole rings is 1. The molecule has 72 valence electrons. The summed E-state index contributed by atoms with van der Waals surface area (Å²) < 4.78 is 6.23. The number of rotatable bonds is 1. The maximum Gasteiger partial charge on any atom is 0.358 e. The molecule has 0 saturated carbocycles. The van der Waals surface area contributed by atoms with Crippen molar-refractivity contribution in [2.45, 2.75) is 0 Å². The Morgan fingerprint density at radius 1 is 1.64 bits per heavy atom. The summed E-state index contributed by atoms with van der Waals surface area (Å²) in [4.78, 5) is 15.2. The minimum Gasteiger partial charge on any atom is -0.464 e. The SMILES string of the molecule is COC(=O)c1cn2cccc(N)c2n1. The van der Waals surface area contributed by atoms with Crippen molar-refractivity contribution in [1.29, 1.82) is 0 Å². The van der Waals surface area contributed by atoms with E-state index in [4.69, 9.17) is 5.73 Å². The second-order valence-electron chi connectivity index (χ2n) is 2.81. The fourth-order valence-corrected chi connectivity index (χ4v) is 1.24. The van der Waals surface area contributed by atoms with E-state index in [0.29, 0.717) is 11.3 Å². The Labute approximate surface area is 80.1 Å². The Hall–Kier alpha value is -2.04. The van der Waals surface area contributed by atoms with Gasteiger partial charge in [0.25, 0.3) is 0 Å². The molecule has 14 heavy (non-hydrogen) atoms. The summed E-state index contributed by atoms with van der Waals surface area (Å²) in [5.74, 6) is -0.465. The van der Waals surface area contributed by atoms with Gasteiger partial charge in [0, 0.05) is 12.4 Å². The molecule has 2 rings (SSSR count). The zero-order valence-electron chi connectivity index (χ0n) is 7.60. The fraction of sp³-hybridized carbons (Fsp3) is 0.111. The van der Waals surface area contributed by atoms with Gasteiger partial charge in [-0.3, -0.25) is 0 Å². The van der Waals surface area contributed by atoms with Crippen molar-refractivity contribution in [3.8, 4) is 0 Å². The number of fused-ring (bicyclic) bond motifs is 1. The van der Waals surface area contributed by atoms with Crippen molar-refractivity contribution in [3.63, 3.8) is 0 Å². The lowest BCUT2D eigenvalue weighted by molar-refractivity contribution is 0.0595. The highest BCUT2D eigenvalue weighted by Crippen LogP contribution is 2.12. The number of nitrogens with two attached hydrogens (primary N) is 1. The van der Waals surface area contributed by atoms with E-state index in [1.807, 2.05) is 0 Å². The molecule has 0 spiro atoms. The average Bonchev–Trinajstić information content (AvgIpc) is 2.62. The van der Waals surface area contributed by atoms with Crippen LogP contribution in [0.15, 0.2) is 24.5 Å². The van der Waals surface area contributed by atoms with Crippen LogP contribution in [-0.2, 0) is 4.74 Å². The molecule has 0 unspecified atom stereocenters. The first-order valence-corrected chi connectivity index (χ1v) is 4.04. The molecular weight excluding hydrogens is 182 g/mol. The van der Waals surface area contributed by atoms with Crippen LogP contribution in [0.25, 0.3) is 5.65 Å². The van der Waals surface area contributed by atoms with Gasteiger partial charge in [-0.15, -0.1) is 0 Å². The lowest BCUT2D eigenvalue weighted by atomic mass is 10.4. The largest absolute Gasteiger partial charge is 0.464 e. The molecule has 5 heteroatoms. The monoisotopic (exact) mass is 191 g/mol. The Kier molecular flexibility index (Phi) is 1.85. The summed E-state index contributed by atoms with van der Waals surface area (Å²) in [6.07, 6.45) is 3.35. The van der Waals surface area contributed by atoms with Crippen molar-refractivity contribution in [2.24, 2.45) is 0 Å². The third-order valence-corrected chi connectivity index (χ3v) is 1.91. The van der Waals surface area contributed by atoms with Crippen molar-refractivity contribution in [3.05, 3.63) is 30.2 Å². The van der Waals surface area contributed by atoms with Gasteiger partial charge in [-0.1, -0.05) is 0 Å². The predicted octanol–water partition coefficient (Wildman–Crippen LogP) is 0.703. The van der Waals surface area contributed by atoms with Gasteiger partial charge in [0.05, 0.1) is 12.8 Å². The minimum absolute atomic E-state index is 0.255. The molecule has 0 saturated heterocycles. The van der Waals surface area contributed by atoms with Crippen LogP contribution in [0.1, 0.15) is 10.5 Å². The summed E-state index contributed by atoms with van der Waals surface area (Å²) in [6, 6.07) is 3.51. The number of carbonyl (C=O) groups is 1. The molecule has 5 nitrogen and oxygen atoms in total. The van der Waals surface area contributed by atoms with Crippen LogP contribution in [-0.4, -0.2) is 22.5 Å². The van der Waals surface area contributed by atoms with Crippen LogP contribution in [0.4, 0.5) is 5.69 Å². The number of anilines is 1. The molecule has 2 aromatic rings. The maximum atomic E-state index is 11.2. The van der Waals surface area contributed by atoms with E-state index < -0.39 is 5.97 Å². The summed E-state index contributed by atoms with van der Waals surface area (Å²) >= 11 is 0. The predicted molar refractivity (Wildman–Crippen MR) is 50.9 cm³/mol. The minimum atomic E-state index is -0.465. The second kappa shape index (κ2) is 3.02. The fourth-order valence-electron chi connectivity index (χ4n) is 1.24. The van der Waals surface area contributed by atoms with Gasteiger partial charge in [0.1, 0.15) is 0 Å². The summed E-state index contributed by atoms with van der Waals surface area (Å²) in [6.45, 7) is 0. The normalized spacial score (nSPS) is 10.4. The van der Waals surface area contributed by atoms with Gasteiger partial charge in [-0.05, 0) is 12.1 Å². The topological polar surface area (TPSA) is 69.6 Å².